The third-order valence-electron chi connectivity index (χ3n) is 4.45. The second kappa shape index (κ2) is 8.79. The van der Waals surface area contributed by atoms with Gasteiger partial charge in [-0.15, -0.1) is 5.11 Å². The lowest BCUT2D eigenvalue weighted by atomic mass is 10.1. The van der Waals surface area contributed by atoms with Gasteiger partial charge in [0.25, 0.3) is 11.2 Å². The summed E-state index contributed by atoms with van der Waals surface area (Å²) in [7, 11) is 1.41. The van der Waals surface area contributed by atoms with Gasteiger partial charge >= 0.3 is 0 Å². The van der Waals surface area contributed by atoms with E-state index in [1.165, 1.54) is 35.9 Å². The van der Waals surface area contributed by atoms with Gasteiger partial charge in [0.15, 0.2) is 5.69 Å². The van der Waals surface area contributed by atoms with Gasteiger partial charge in [-0.25, -0.2) is 0 Å². The van der Waals surface area contributed by atoms with Crippen LogP contribution in [0, 0.1) is 28.4 Å². The van der Waals surface area contributed by atoms with Gasteiger partial charge in [-0.1, -0.05) is 30.3 Å². The predicted octanol–water partition coefficient (Wildman–Crippen LogP) is 4.41. The average Bonchev–Trinajstić information content (AvgIpc) is 2.76. The summed E-state index contributed by atoms with van der Waals surface area (Å²) < 4.78 is 6.80. The highest BCUT2D eigenvalue weighted by molar-refractivity contribution is 5.60. The number of benzene rings is 2. The number of pyridine rings is 1. The number of nitro groups is 1. The molecule has 0 radical (unpaired) electrons. The van der Waals surface area contributed by atoms with Crippen LogP contribution in [-0.2, 0) is 6.54 Å². The van der Waals surface area contributed by atoms with Crippen LogP contribution >= 0.6 is 0 Å². The van der Waals surface area contributed by atoms with Crippen LogP contribution in [0.5, 0.6) is 5.88 Å². The molecule has 0 N–H and O–H groups in total. The Kier molecular flexibility index (Phi) is 5.98. The van der Waals surface area contributed by atoms with Crippen LogP contribution in [0.2, 0.25) is 0 Å². The molecule has 3 rings (SSSR count). The number of nitrogens with zero attached hydrogens (tertiary/aromatic N) is 5. The quantitative estimate of drug-likeness (QED) is 0.343. The normalized spacial score (nSPS) is 10.7. The first-order chi connectivity index (χ1) is 14.5. The van der Waals surface area contributed by atoms with Gasteiger partial charge in [0, 0.05) is 17.7 Å². The third kappa shape index (κ3) is 4.07. The number of aromatic nitrogens is 1. The van der Waals surface area contributed by atoms with Crippen molar-refractivity contribution in [3.63, 3.8) is 0 Å². The van der Waals surface area contributed by atoms with Gasteiger partial charge in [-0.05, 0) is 24.6 Å². The molecule has 9 heteroatoms. The standard InChI is InChI=1S/C21H17N5O4/c1-14-18(12-22)20(27)25(13-15-6-4-3-5-7-15)21(30-2)19(14)24-23-16-8-10-17(11-9-16)26(28)29/h3-11H,13H2,1-2H3. The minimum atomic E-state index is -0.507. The van der Waals surface area contributed by atoms with Gasteiger partial charge in [0.1, 0.15) is 11.6 Å². The maximum atomic E-state index is 12.9. The fourth-order valence-corrected chi connectivity index (χ4v) is 2.91. The summed E-state index contributed by atoms with van der Waals surface area (Å²) in [5, 5.41) is 28.6. The number of methoxy groups -OCH3 is 1. The highest BCUT2D eigenvalue weighted by Crippen LogP contribution is 2.33. The van der Waals surface area contributed by atoms with E-state index in [9.17, 15) is 20.2 Å². The summed E-state index contributed by atoms with van der Waals surface area (Å²) in [6.45, 7) is 1.79. The molecule has 0 atom stereocenters. The smallest absolute Gasteiger partial charge is 0.271 e. The first-order valence-electron chi connectivity index (χ1n) is 8.88. The van der Waals surface area contributed by atoms with Crippen molar-refractivity contribution in [2.75, 3.05) is 7.11 Å². The van der Waals surface area contributed by atoms with Crippen molar-refractivity contribution in [2.24, 2.45) is 10.2 Å². The van der Waals surface area contributed by atoms with Crippen LogP contribution in [0.3, 0.4) is 0 Å². The molecule has 0 saturated heterocycles. The lowest BCUT2D eigenvalue weighted by Gasteiger charge is -2.16. The van der Waals surface area contributed by atoms with Crippen molar-refractivity contribution in [1.82, 2.24) is 4.57 Å². The van der Waals surface area contributed by atoms with Crippen LogP contribution in [0.4, 0.5) is 17.1 Å². The molecule has 30 heavy (non-hydrogen) atoms. The number of rotatable bonds is 6. The Morgan fingerprint density at radius 1 is 1.13 bits per heavy atom. The highest BCUT2D eigenvalue weighted by atomic mass is 16.6. The Bertz CT molecular complexity index is 1210. The Balaban J connectivity index is 2.11. The average molecular weight is 403 g/mol. The molecule has 0 aliphatic carbocycles. The Morgan fingerprint density at radius 2 is 1.80 bits per heavy atom. The monoisotopic (exact) mass is 403 g/mol. The van der Waals surface area contributed by atoms with Crippen LogP contribution in [-0.4, -0.2) is 16.6 Å². The summed E-state index contributed by atoms with van der Waals surface area (Å²) in [4.78, 5) is 23.1. The molecule has 0 unspecified atom stereocenters. The molecule has 1 heterocycles. The summed E-state index contributed by atoms with van der Waals surface area (Å²) in [6.07, 6.45) is 0. The van der Waals surface area contributed by atoms with E-state index in [0.717, 1.165) is 5.56 Å². The molecule has 150 valence electrons. The molecule has 3 aromatic rings. The predicted molar refractivity (Wildman–Crippen MR) is 110 cm³/mol. The summed E-state index contributed by atoms with van der Waals surface area (Å²) in [6, 6.07) is 16.7. The lowest BCUT2D eigenvalue weighted by molar-refractivity contribution is -0.384. The molecular weight excluding hydrogens is 386 g/mol. The van der Waals surface area contributed by atoms with E-state index in [2.05, 4.69) is 10.2 Å². The van der Waals surface area contributed by atoms with E-state index in [1.54, 1.807) is 6.92 Å². The van der Waals surface area contributed by atoms with Gasteiger partial charge in [-0.2, -0.15) is 10.4 Å². The Hall–Kier alpha value is -4.32. The molecule has 0 bridgehead atoms. The topological polar surface area (TPSA) is 123 Å². The van der Waals surface area contributed by atoms with E-state index in [1.807, 2.05) is 36.4 Å². The minimum Gasteiger partial charge on any atom is -0.480 e. The molecule has 0 aliphatic heterocycles. The first kappa shape index (κ1) is 20.4. The van der Waals surface area contributed by atoms with E-state index in [-0.39, 0.29) is 29.4 Å². The maximum absolute atomic E-state index is 12.9. The van der Waals surface area contributed by atoms with Crippen molar-refractivity contribution in [1.29, 1.82) is 5.26 Å². The third-order valence-corrected chi connectivity index (χ3v) is 4.45. The second-order valence-electron chi connectivity index (χ2n) is 6.32. The number of non-ortho nitro benzene ring substituents is 1. The van der Waals surface area contributed by atoms with E-state index in [4.69, 9.17) is 4.74 Å². The van der Waals surface area contributed by atoms with E-state index < -0.39 is 10.5 Å². The number of hydrogen-bond acceptors (Lipinski definition) is 7. The number of hydrogen-bond donors (Lipinski definition) is 0. The molecule has 1 aromatic heterocycles. The highest BCUT2D eigenvalue weighted by Gasteiger charge is 2.20. The van der Waals surface area contributed by atoms with Gasteiger partial charge in [0.05, 0.1) is 24.3 Å². The van der Waals surface area contributed by atoms with E-state index >= 15 is 0 Å². The number of azo groups is 1. The van der Waals surface area contributed by atoms with Crippen LogP contribution in [0.25, 0.3) is 0 Å². The zero-order chi connectivity index (χ0) is 21.7. The van der Waals surface area contributed by atoms with Crippen molar-refractivity contribution >= 4 is 17.1 Å². The fourth-order valence-electron chi connectivity index (χ4n) is 2.91. The van der Waals surface area contributed by atoms with Crippen molar-refractivity contribution in [3.8, 4) is 11.9 Å². The van der Waals surface area contributed by atoms with Crippen molar-refractivity contribution < 1.29 is 9.66 Å². The van der Waals surface area contributed by atoms with Crippen LogP contribution in [0.15, 0.2) is 69.6 Å². The molecule has 9 nitrogen and oxygen atoms in total. The largest absolute Gasteiger partial charge is 0.480 e. The van der Waals surface area contributed by atoms with Gasteiger partial charge < -0.3 is 4.74 Å². The van der Waals surface area contributed by atoms with Gasteiger partial charge in [-0.3, -0.25) is 19.5 Å². The molecule has 0 aliphatic rings. The Morgan fingerprint density at radius 3 is 2.37 bits per heavy atom. The Labute approximate surface area is 171 Å². The zero-order valence-corrected chi connectivity index (χ0v) is 16.3. The molecule has 2 aromatic carbocycles. The number of nitro benzene ring substituents is 1. The fraction of sp³-hybridized carbons (Fsp3) is 0.143. The SMILES string of the molecule is COc1c(N=Nc2ccc([N+](=O)[O-])cc2)c(C)c(C#N)c(=O)n1Cc1ccccc1. The molecule has 0 saturated carbocycles. The van der Waals surface area contributed by atoms with E-state index in [0.29, 0.717) is 11.3 Å². The molecule has 0 amide bonds. The second-order valence-corrected chi connectivity index (χ2v) is 6.32. The molecule has 0 spiro atoms. The minimum absolute atomic E-state index is 0.0515. The summed E-state index contributed by atoms with van der Waals surface area (Å²) in [5.41, 5.74) is 1.21. The number of ether oxygens (including phenoxy) is 1. The molecule has 0 fully saturated rings. The number of nitriles is 1. The van der Waals surface area contributed by atoms with Crippen molar-refractivity contribution in [3.05, 3.63) is 91.8 Å². The van der Waals surface area contributed by atoms with Crippen LogP contribution in [0.1, 0.15) is 16.7 Å². The van der Waals surface area contributed by atoms with Crippen LogP contribution < -0.4 is 10.3 Å². The maximum Gasteiger partial charge on any atom is 0.271 e. The van der Waals surface area contributed by atoms with Gasteiger partial charge in [0.2, 0.25) is 5.88 Å². The zero-order valence-electron chi connectivity index (χ0n) is 16.3. The molecular formula is C21H17N5O4. The first-order valence-corrected chi connectivity index (χ1v) is 8.88. The summed E-state index contributed by atoms with van der Waals surface area (Å²) >= 11 is 0. The summed E-state index contributed by atoms with van der Waals surface area (Å²) in [5.74, 6) is 0.172. The lowest BCUT2D eigenvalue weighted by Crippen LogP contribution is -2.25. The van der Waals surface area contributed by atoms with Crippen molar-refractivity contribution in [2.45, 2.75) is 13.5 Å².